The van der Waals surface area contributed by atoms with Crippen LogP contribution >= 0.6 is 23.8 Å². The van der Waals surface area contributed by atoms with Crippen LogP contribution in [0.4, 0.5) is 5.69 Å². The van der Waals surface area contributed by atoms with Gasteiger partial charge in [-0.15, -0.1) is 0 Å². The van der Waals surface area contributed by atoms with E-state index < -0.39 is 0 Å². The fourth-order valence-corrected chi connectivity index (χ4v) is 3.34. The van der Waals surface area contributed by atoms with E-state index in [1.165, 1.54) is 0 Å². The van der Waals surface area contributed by atoms with Crippen LogP contribution in [0.3, 0.4) is 0 Å². The van der Waals surface area contributed by atoms with Crippen LogP contribution in [0.1, 0.15) is 15.9 Å². The molecule has 0 aliphatic rings. The number of oxazole rings is 1. The van der Waals surface area contributed by atoms with Crippen molar-refractivity contribution in [2.24, 2.45) is 0 Å². The molecule has 2 N–H and O–H groups in total. The highest BCUT2D eigenvalue weighted by Crippen LogP contribution is 2.30. The van der Waals surface area contributed by atoms with Crippen LogP contribution in [0.15, 0.2) is 71.1 Å². The number of nitrogens with zero attached hydrogens (tertiary/aromatic N) is 1. The molecule has 0 radical (unpaired) electrons. The number of amides is 1. The zero-order valence-electron chi connectivity index (χ0n) is 15.4. The number of carbonyl (C=O) groups excluding carboxylic acids is 1. The highest BCUT2D eigenvalue weighted by Gasteiger charge is 2.14. The number of benzene rings is 3. The Hall–Kier alpha value is -3.22. The first-order chi connectivity index (χ1) is 14.0. The molecule has 0 spiro atoms. The minimum atomic E-state index is -0.335. The highest BCUT2D eigenvalue weighted by atomic mass is 35.5. The van der Waals surface area contributed by atoms with Crippen LogP contribution in [0, 0.1) is 6.92 Å². The first-order valence-corrected chi connectivity index (χ1v) is 9.63. The van der Waals surface area contributed by atoms with Gasteiger partial charge in [-0.25, -0.2) is 4.98 Å². The number of fused-ring (bicyclic) bond motifs is 1. The Kier molecular flexibility index (Phi) is 5.29. The summed E-state index contributed by atoms with van der Waals surface area (Å²) in [4.78, 5) is 16.9. The molecule has 0 aliphatic carbocycles. The van der Waals surface area contributed by atoms with Gasteiger partial charge < -0.3 is 9.73 Å². The largest absolute Gasteiger partial charge is 0.436 e. The maximum absolute atomic E-state index is 12.3. The predicted octanol–water partition coefficient (Wildman–Crippen LogP) is 5.58. The van der Waals surface area contributed by atoms with Gasteiger partial charge in [0.2, 0.25) is 5.89 Å². The standard InChI is InChI=1S/C22H16ClN3O2S/c1-13-16(21-24-18-9-2-3-11-19(18)28-21)8-5-10-17(13)25-22(29)26-20(27)14-6-4-7-15(23)12-14/h2-12H,1H3,(H2,25,26,27,29). The molecule has 5 nitrogen and oxygen atoms in total. The van der Waals surface area contributed by atoms with E-state index in [9.17, 15) is 4.79 Å². The van der Waals surface area contributed by atoms with Gasteiger partial charge in [-0.1, -0.05) is 35.9 Å². The van der Waals surface area contributed by atoms with Crippen LogP contribution in [0.25, 0.3) is 22.6 Å². The summed E-state index contributed by atoms with van der Waals surface area (Å²) >= 11 is 11.2. The first kappa shape index (κ1) is 19.1. The smallest absolute Gasteiger partial charge is 0.257 e. The van der Waals surface area contributed by atoms with Crippen LogP contribution in [-0.4, -0.2) is 16.0 Å². The Labute approximate surface area is 177 Å². The maximum atomic E-state index is 12.3. The number of hydrogen-bond acceptors (Lipinski definition) is 4. The number of rotatable bonds is 3. The Morgan fingerprint density at radius 2 is 1.86 bits per heavy atom. The van der Waals surface area contributed by atoms with Crippen molar-refractivity contribution in [1.82, 2.24) is 10.3 Å². The molecule has 4 rings (SSSR count). The third-order valence-electron chi connectivity index (χ3n) is 4.42. The molecule has 0 saturated heterocycles. The van der Waals surface area contributed by atoms with Crippen molar-refractivity contribution >= 4 is 51.6 Å². The second-order valence-corrected chi connectivity index (χ2v) is 7.23. The lowest BCUT2D eigenvalue weighted by Crippen LogP contribution is -2.34. The van der Waals surface area contributed by atoms with Crippen LogP contribution < -0.4 is 10.6 Å². The van der Waals surface area contributed by atoms with Crippen molar-refractivity contribution in [2.45, 2.75) is 6.92 Å². The van der Waals surface area contributed by atoms with Gasteiger partial charge in [0.05, 0.1) is 0 Å². The van der Waals surface area contributed by atoms with Crippen molar-refractivity contribution in [3.8, 4) is 11.5 Å². The number of para-hydroxylation sites is 2. The average molecular weight is 422 g/mol. The number of aromatic nitrogens is 1. The summed E-state index contributed by atoms with van der Waals surface area (Å²) in [5, 5.41) is 6.40. The minimum absolute atomic E-state index is 0.188. The van der Waals surface area contributed by atoms with Gasteiger partial charge in [0, 0.05) is 21.8 Å². The Morgan fingerprint density at radius 1 is 1.07 bits per heavy atom. The summed E-state index contributed by atoms with van der Waals surface area (Å²) in [6, 6.07) is 20.0. The Morgan fingerprint density at radius 3 is 2.66 bits per heavy atom. The van der Waals surface area contributed by atoms with E-state index in [-0.39, 0.29) is 11.0 Å². The molecular weight excluding hydrogens is 406 g/mol. The van der Waals surface area contributed by atoms with Crippen molar-refractivity contribution in [2.75, 3.05) is 5.32 Å². The molecule has 0 atom stereocenters. The van der Waals surface area contributed by atoms with E-state index >= 15 is 0 Å². The lowest BCUT2D eigenvalue weighted by atomic mass is 10.1. The molecular formula is C22H16ClN3O2S. The number of carbonyl (C=O) groups is 1. The van der Waals surface area contributed by atoms with Gasteiger partial charge in [0.1, 0.15) is 5.52 Å². The lowest BCUT2D eigenvalue weighted by Gasteiger charge is -2.13. The normalized spacial score (nSPS) is 10.7. The Bertz CT molecular complexity index is 1200. The van der Waals surface area contributed by atoms with E-state index in [0.717, 1.165) is 27.9 Å². The first-order valence-electron chi connectivity index (χ1n) is 8.85. The van der Waals surface area contributed by atoms with Crippen molar-refractivity contribution in [3.63, 3.8) is 0 Å². The van der Waals surface area contributed by atoms with Crippen LogP contribution in [0.5, 0.6) is 0 Å². The molecule has 0 unspecified atom stereocenters. The lowest BCUT2D eigenvalue weighted by molar-refractivity contribution is 0.0977. The third kappa shape index (κ3) is 4.13. The average Bonchev–Trinajstić information content (AvgIpc) is 3.13. The molecule has 0 bridgehead atoms. The maximum Gasteiger partial charge on any atom is 0.257 e. The van der Waals surface area contributed by atoms with Crippen molar-refractivity contribution < 1.29 is 9.21 Å². The highest BCUT2D eigenvalue weighted by molar-refractivity contribution is 7.80. The van der Waals surface area contributed by atoms with Gasteiger partial charge in [-0.3, -0.25) is 10.1 Å². The zero-order chi connectivity index (χ0) is 20.4. The predicted molar refractivity (Wildman–Crippen MR) is 119 cm³/mol. The summed E-state index contributed by atoms with van der Waals surface area (Å²) < 4.78 is 5.87. The fourth-order valence-electron chi connectivity index (χ4n) is 2.95. The van der Waals surface area contributed by atoms with Crippen molar-refractivity contribution in [1.29, 1.82) is 0 Å². The van der Waals surface area contributed by atoms with Crippen LogP contribution in [0.2, 0.25) is 5.02 Å². The Balaban J connectivity index is 1.54. The van der Waals surface area contributed by atoms with Gasteiger partial charge in [-0.05, 0) is 67.2 Å². The van der Waals surface area contributed by atoms with Gasteiger partial charge >= 0.3 is 0 Å². The number of nitrogens with one attached hydrogen (secondary N) is 2. The summed E-state index contributed by atoms with van der Waals surface area (Å²) in [5.74, 6) is 0.194. The third-order valence-corrected chi connectivity index (χ3v) is 4.86. The van der Waals surface area contributed by atoms with E-state index in [0.29, 0.717) is 16.5 Å². The van der Waals surface area contributed by atoms with Gasteiger partial charge in [0.15, 0.2) is 10.7 Å². The summed E-state index contributed by atoms with van der Waals surface area (Å²) in [5.41, 5.74) is 4.45. The second kappa shape index (κ2) is 8.03. The molecule has 7 heteroatoms. The molecule has 1 amide bonds. The SMILES string of the molecule is Cc1c(NC(=S)NC(=O)c2cccc(Cl)c2)cccc1-c1nc2ccccc2o1. The zero-order valence-corrected chi connectivity index (χ0v) is 17.0. The second-order valence-electron chi connectivity index (χ2n) is 6.38. The van der Waals surface area contributed by atoms with E-state index in [2.05, 4.69) is 15.6 Å². The molecule has 144 valence electrons. The van der Waals surface area contributed by atoms with Crippen molar-refractivity contribution in [3.05, 3.63) is 82.9 Å². The fraction of sp³-hybridized carbons (Fsp3) is 0.0455. The van der Waals surface area contributed by atoms with E-state index in [1.54, 1.807) is 24.3 Å². The molecule has 0 fully saturated rings. The quantitative estimate of drug-likeness (QED) is 0.422. The minimum Gasteiger partial charge on any atom is -0.436 e. The van der Waals surface area contributed by atoms with Gasteiger partial charge in [-0.2, -0.15) is 0 Å². The number of anilines is 1. The summed E-state index contributed by atoms with van der Waals surface area (Å²) in [6.45, 7) is 1.94. The molecule has 1 heterocycles. The molecule has 1 aromatic heterocycles. The monoisotopic (exact) mass is 421 g/mol. The number of hydrogen-bond donors (Lipinski definition) is 2. The molecule has 0 aliphatic heterocycles. The number of halogens is 1. The topological polar surface area (TPSA) is 67.2 Å². The molecule has 0 saturated carbocycles. The molecule has 3 aromatic carbocycles. The summed E-state index contributed by atoms with van der Waals surface area (Å²) in [7, 11) is 0. The van der Waals surface area contributed by atoms with Crippen LogP contribution in [-0.2, 0) is 0 Å². The number of thiocarbonyl (C=S) groups is 1. The van der Waals surface area contributed by atoms with Gasteiger partial charge in [0.25, 0.3) is 5.91 Å². The van der Waals surface area contributed by atoms with E-state index in [4.69, 9.17) is 28.2 Å². The molecule has 29 heavy (non-hydrogen) atoms. The molecule has 4 aromatic rings. The summed E-state index contributed by atoms with van der Waals surface area (Å²) in [6.07, 6.45) is 0. The van der Waals surface area contributed by atoms with E-state index in [1.807, 2.05) is 49.4 Å².